The summed E-state index contributed by atoms with van der Waals surface area (Å²) < 4.78 is 15.3. The largest absolute Gasteiger partial charge is 0.372 e. The number of nitrogens with one attached hydrogen (secondary N) is 1. The Kier molecular flexibility index (Phi) is 1.69. The molecule has 1 aromatic carbocycles. The summed E-state index contributed by atoms with van der Waals surface area (Å²) in [5.74, 6) is 0.712. The van der Waals surface area contributed by atoms with Crippen LogP contribution >= 0.6 is 0 Å². The van der Waals surface area contributed by atoms with Crippen molar-refractivity contribution in [3.05, 3.63) is 29.8 Å². The van der Waals surface area contributed by atoms with Crippen LogP contribution in [0, 0.1) is 0 Å². The molecule has 0 radical (unpaired) electrons. The molecule has 0 saturated heterocycles. The van der Waals surface area contributed by atoms with Gasteiger partial charge in [0.1, 0.15) is 5.84 Å². The fraction of sp³-hybridized carbons (Fsp3) is 0.125. The van der Waals surface area contributed by atoms with Crippen LogP contribution in [0.1, 0.15) is 5.56 Å². The van der Waals surface area contributed by atoms with Crippen LogP contribution in [0.5, 0.6) is 0 Å². The van der Waals surface area contributed by atoms with Crippen LogP contribution in [0.15, 0.2) is 33.6 Å². The molecule has 1 unspecified atom stereocenters. The molecule has 1 aliphatic heterocycles. The molecule has 1 N–H and O–H groups in total. The van der Waals surface area contributed by atoms with Gasteiger partial charge in [-0.1, -0.05) is 12.1 Å². The topological polar surface area (TPSA) is 41.5 Å². The van der Waals surface area contributed by atoms with Gasteiger partial charge in [0.25, 0.3) is 0 Å². The molecule has 62 valence electrons. The Morgan fingerprint density at radius 1 is 1.42 bits per heavy atom. The van der Waals surface area contributed by atoms with E-state index in [1.54, 1.807) is 7.05 Å². The zero-order chi connectivity index (χ0) is 8.55. The molecule has 2 rings (SSSR count). The highest BCUT2D eigenvalue weighted by atomic mass is 32.2. The highest BCUT2D eigenvalue weighted by molar-refractivity contribution is 7.84. The van der Waals surface area contributed by atoms with Gasteiger partial charge in [-0.3, -0.25) is 0 Å². The molecule has 0 spiro atoms. The molecule has 0 saturated carbocycles. The Morgan fingerprint density at radius 2 is 2.17 bits per heavy atom. The van der Waals surface area contributed by atoms with Crippen molar-refractivity contribution in [3.63, 3.8) is 0 Å². The summed E-state index contributed by atoms with van der Waals surface area (Å²) in [6, 6.07) is 7.52. The monoisotopic (exact) mass is 180 g/mol. The predicted molar refractivity (Wildman–Crippen MR) is 48.4 cm³/mol. The first-order chi connectivity index (χ1) is 5.83. The molecule has 0 fully saturated rings. The van der Waals surface area contributed by atoms with Gasteiger partial charge >= 0.3 is 0 Å². The predicted octanol–water partition coefficient (Wildman–Crippen LogP) is 0.689. The van der Waals surface area contributed by atoms with Crippen LogP contribution in [0.2, 0.25) is 0 Å². The van der Waals surface area contributed by atoms with Crippen LogP contribution in [-0.2, 0) is 11.0 Å². The summed E-state index contributed by atoms with van der Waals surface area (Å²) in [5, 5.41) is 2.91. The Balaban J connectivity index is 2.60. The lowest BCUT2D eigenvalue weighted by molar-refractivity contribution is 0.685. The summed E-state index contributed by atoms with van der Waals surface area (Å²) in [6.07, 6.45) is 0. The first kappa shape index (κ1) is 7.49. The summed E-state index contributed by atoms with van der Waals surface area (Å²) in [4.78, 5) is 0.793. The van der Waals surface area contributed by atoms with Gasteiger partial charge in [0, 0.05) is 12.6 Å². The number of hydrogen-bond acceptors (Lipinski definition) is 2. The average molecular weight is 180 g/mol. The van der Waals surface area contributed by atoms with Gasteiger partial charge in [0.05, 0.1) is 4.90 Å². The summed E-state index contributed by atoms with van der Waals surface area (Å²) >= 11 is 0. The lowest BCUT2D eigenvalue weighted by atomic mass is 10.2. The number of amidine groups is 1. The average Bonchev–Trinajstić information content (AvgIpc) is 2.44. The number of fused-ring (bicyclic) bond motifs is 1. The van der Waals surface area contributed by atoms with E-state index >= 15 is 0 Å². The maximum Gasteiger partial charge on any atom is 0.175 e. The maximum absolute atomic E-state index is 11.3. The first-order valence-corrected chi connectivity index (χ1v) is 4.71. The molecule has 3 nitrogen and oxygen atoms in total. The van der Waals surface area contributed by atoms with Gasteiger partial charge < -0.3 is 5.32 Å². The van der Waals surface area contributed by atoms with Crippen LogP contribution in [0.4, 0.5) is 0 Å². The van der Waals surface area contributed by atoms with E-state index in [0.29, 0.717) is 5.84 Å². The van der Waals surface area contributed by atoms with Crippen LogP contribution < -0.4 is 5.32 Å². The van der Waals surface area contributed by atoms with Gasteiger partial charge in [0.15, 0.2) is 11.0 Å². The quantitative estimate of drug-likeness (QED) is 0.638. The van der Waals surface area contributed by atoms with Crippen LogP contribution in [0.3, 0.4) is 0 Å². The summed E-state index contributed by atoms with van der Waals surface area (Å²) in [6.45, 7) is 0. The second kappa shape index (κ2) is 2.71. The third kappa shape index (κ3) is 0.956. The first-order valence-electron chi connectivity index (χ1n) is 3.60. The summed E-state index contributed by atoms with van der Waals surface area (Å²) in [5.41, 5.74) is 0.943. The Labute approximate surface area is 73.1 Å². The minimum absolute atomic E-state index is 0.712. The van der Waals surface area contributed by atoms with Crippen molar-refractivity contribution in [3.8, 4) is 0 Å². The molecular weight excluding hydrogens is 172 g/mol. The molecule has 1 atom stereocenters. The van der Waals surface area contributed by atoms with E-state index < -0.39 is 11.0 Å². The van der Waals surface area contributed by atoms with Gasteiger partial charge in [-0.2, -0.15) is 4.40 Å². The number of benzene rings is 1. The smallest absolute Gasteiger partial charge is 0.175 e. The SMILES string of the molecule is CNC1=NS(=O)c2ccccc21. The molecule has 4 heteroatoms. The van der Waals surface area contributed by atoms with E-state index in [1.165, 1.54) is 0 Å². The van der Waals surface area contributed by atoms with E-state index in [-0.39, 0.29) is 0 Å². The lowest BCUT2D eigenvalue weighted by Gasteiger charge is -1.98. The van der Waals surface area contributed by atoms with Gasteiger partial charge in [-0.25, -0.2) is 4.21 Å². The normalized spacial score (nSPS) is 20.1. The number of nitrogens with zero attached hydrogens (tertiary/aromatic N) is 1. The highest BCUT2D eigenvalue weighted by Crippen LogP contribution is 2.20. The van der Waals surface area contributed by atoms with E-state index in [0.717, 1.165) is 10.5 Å². The molecule has 0 aliphatic carbocycles. The molecule has 1 aliphatic rings. The summed E-state index contributed by atoms with van der Waals surface area (Å²) in [7, 11) is 0.574. The zero-order valence-corrected chi connectivity index (χ0v) is 7.39. The molecule has 1 aromatic rings. The van der Waals surface area contributed by atoms with Crippen molar-refractivity contribution in [2.24, 2.45) is 4.40 Å². The Bertz CT molecular complexity index is 373. The van der Waals surface area contributed by atoms with E-state index in [1.807, 2.05) is 24.3 Å². The molecule has 0 amide bonds. The van der Waals surface area contributed by atoms with Crippen molar-refractivity contribution in [1.82, 2.24) is 5.32 Å². The molecule has 12 heavy (non-hydrogen) atoms. The van der Waals surface area contributed by atoms with Gasteiger partial charge in [0.2, 0.25) is 0 Å². The number of rotatable bonds is 0. The van der Waals surface area contributed by atoms with Crippen LogP contribution in [-0.4, -0.2) is 17.1 Å². The van der Waals surface area contributed by atoms with Crippen LogP contribution in [0.25, 0.3) is 0 Å². The van der Waals surface area contributed by atoms with E-state index in [9.17, 15) is 4.21 Å². The Hall–Kier alpha value is -1.16. The van der Waals surface area contributed by atoms with Crippen molar-refractivity contribution in [2.45, 2.75) is 4.90 Å². The minimum atomic E-state index is -1.20. The molecule has 0 bridgehead atoms. The van der Waals surface area contributed by atoms with Crippen molar-refractivity contribution >= 4 is 16.8 Å². The minimum Gasteiger partial charge on any atom is -0.372 e. The van der Waals surface area contributed by atoms with E-state index in [2.05, 4.69) is 9.71 Å². The second-order valence-corrected chi connectivity index (χ2v) is 3.56. The van der Waals surface area contributed by atoms with E-state index in [4.69, 9.17) is 0 Å². The molecule has 1 heterocycles. The lowest BCUT2D eigenvalue weighted by Crippen LogP contribution is -2.17. The van der Waals surface area contributed by atoms with Crippen molar-refractivity contribution in [1.29, 1.82) is 0 Å². The van der Waals surface area contributed by atoms with Gasteiger partial charge in [-0.05, 0) is 12.1 Å². The third-order valence-electron chi connectivity index (χ3n) is 1.74. The zero-order valence-electron chi connectivity index (χ0n) is 6.57. The van der Waals surface area contributed by atoms with Gasteiger partial charge in [-0.15, -0.1) is 0 Å². The fourth-order valence-electron chi connectivity index (χ4n) is 1.18. The Morgan fingerprint density at radius 3 is 2.92 bits per heavy atom. The maximum atomic E-state index is 11.3. The molecule has 0 aromatic heterocycles. The standard InChI is InChI=1S/C8H8N2OS/c1-9-8-6-4-2-3-5-7(6)12(11)10-8/h2-5H,1H3,(H,9,10). The number of hydrogen-bond donors (Lipinski definition) is 1. The second-order valence-electron chi connectivity index (χ2n) is 2.44. The van der Waals surface area contributed by atoms with Crippen molar-refractivity contribution < 1.29 is 4.21 Å². The van der Waals surface area contributed by atoms with Crippen molar-refractivity contribution in [2.75, 3.05) is 7.05 Å². The highest BCUT2D eigenvalue weighted by Gasteiger charge is 2.19. The molecular formula is C8H8N2OS. The third-order valence-corrected chi connectivity index (χ3v) is 2.82. The fourth-order valence-corrected chi connectivity index (χ4v) is 2.18.